The number of carbonyl (C=O) groups excluding carboxylic acids is 1. The largest absolute Gasteiger partial charge is 0.495 e. The number of amides is 2. The second-order valence-corrected chi connectivity index (χ2v) is 8.06. The number of urea groups is 1. The molecular formula is C24H24F3N5O3. The molecule has 3 aromatic rings. The zero-order valence-corrected chi connectivity index (χ0v) is 18.9. The average molecular weight is 487 g/mol. The van der Waals surface area contributed by atoms with Crippen molar-refractivity contribution in [3.63, 3.8) is 0 Å². The lowest BCUT2D eigenvalue weighted by molar-refractivity contribution is -0.137. The second kappa shape index (κ2) is 10.6. The van der Waals surface area contributed by atoms with Crippen molar-refractivity contribution in [2.75, 3.05) is 12.4 Å². The predicted octanol–water partition coefficient (Wildman–Crippen LogP) is 5.08. The number of halogens is 3. The number of pyridine rings is 1. The van der Waals surface area contributed by atoms with Crippen LogP contribution in [0.25, 0.3) is 11.4 Å². The summed E-state index contributed by atoms with van der Waals surface area (Å²) in [7, 11) is 1.32. The van der Waals surface area contributed by atoms with Gasteiger partial charge in [0.1, 0.15) is 11.9 Å². The Morgan fingerprint density at radius 2 is 1.89 bits per heavy atom. The van der Waals surface area contributed by atoms with E-state index in [-0.39, 0.29) is 23.6 Å². The normalized spacial score (nSPS) is 17.9. The molecule has 11 heteroatoms. The number of nitrogens with zero attached hydrogens (tertiary/aromatic N) is 3. The molecule has 1 aliphatic rings. The van der Waals surface area contributed by atoms with Gasteiger partial charge in [0.25, 0.3) is 0 Å². The number of methoxy groups -OCH3 is 1. The third kappa shape index (κ3) is 6.37. The van der Waals surface area contributed by atoms with Crippen molar-refractivity contribution >= 4 is 11.7 Å². The van der Waals surface area contributed by atoms with E-state index in [1.807, 2.05) is 6.07 Å². The molecule has 1 saturated carbocycles. The molecule has 0 atom stereocenters. The summed E-state index contributed by atoms with van der Waals surface area (Å²) in [5, 5.41) is 5.28. The maximum Gasteiger partial charge on any atom is 0.416 e. The summed E-state index contributed by atoms with van der Waals surface area (Å²) in [5.41, 5.74) is -0.137. The van der Waals surface area contributed by atoms with Crippen molar-refractivity contribution in [1.82, 2.24) is 20.3 Å². The molecule has 1 aliphatic carbocycles. The molecule has 0 unspecified atom stereocenters. The minimum atomic E-state index is -4.53. The molecule has 0 radical (unpaired) electrons. The summed E-state index contributed by atoms with van der Waals surface area (Å²) >= 11 is 0. The maximum atomic E-state index is 13.0. The van der Waals surface area contributed by atoms with Crippen LogP contribution in [-0.2, 0) is 6.18 Å². The van der Waals surface area contributed by atoms with Crippen LogP contribution in [0.15, 0.2) is 55.0 Å². The van der Waals surface area contributed by atoms with Gasteiger partial charge in [-0.1, -0.05) is 0 Å². The van der Waals surface area contributed by atoms with Crippen LogP contribution >= 0.6 is 0 Å². The summed E-state index contributed by atoms with van der Waals surface area (Å²) in [5.74, 6) is 1.12. The van der Waals surface area contributed by atoms with Crippen molar-refractivity contribution < 1.29 is 27.4 Å². The van der Waals surface area contributed by atoms with Gasteiger partial charge in [-0.2, -0.15) is 18.2 Å². The van der Waals surface area contributed by atoms with Crippen LogP contribution in [0.1, 0.15) is 31.2 Å². The van der Waals surface area contributed by atoms with Crippen molar-refractivity contribution in [2.24, 2.45) is 0 Å². The van der Waals surface area contributed by atoms with Crippen LogP contribution in [-0.4, -0.2) is 40.2 Å². The Morgan fingerprint density at radius 3 is 2.57 bits per heavy atom. The maximum absolute atomic E-state index is 13.0. The molecule has 0 bridgehead atoms. The first-order valence-corrected chi connectivity index (χ1v) is 11.0. The van der Waals surface area contributed by atoms with Gasteiger partial charge in [-0.15, -0.1) is 0 Å². The Balaban J connectivity index is 1.30. The molecule has 4 rings (SSSR count). The summed E-state index contributed by atoms with van der Waals surface area (Å²) < 4.78 is 50.2. The minimum Gasteiger partial charge on any atom is -0.495 e. The zero-order valence-electron chi connectivity index (χ0n) is 18.9. The highest BCUT2D eigenvalue weighted by molar-refractivity contribution is 5.91. The first-order valence-electron chi connectivity index (χ1n) is 11.0. The van der Waals surface area contributed by atoms with Crippen molar-refractivity contribution in [2.45, 2.75) is 44.0 Å². The Bertz CT molecular complexity index is 1150. The topological polar surface area (TPSA) is 98.3 Å². The molecule has 2 N–H and O–H groups in total. The van der Waals surface area contributed by atoms with Gasteiger partial charge in [0.05, 0.1) is 18.4 Å². The van der Waals surface area contributed by atoms with Crippen LogP contribution < -0.4 is 20.1 Å². The van der Waals surface area contributed by atoms with E-state index in [2.05, 4.69) is 25.6 Å². The van der Waals surface area contributed by atoms with E-state index >= 15 is 0 Å². The molecule has 0 aliphatic heterocycles. The minimum absolute atomic E-state index is 0.0509. The van der Waals surface area contributed by atoms with Gasteiger partial charge < -0.3 is 20.1 Å². The highest BCUT2D eigenvalue weighted by Gasteiger charge is 2.31. The number of rotatable bonds is 6. The molecule has 8 nitrogen and oxygen atoms in total. The number of hydrogen-bond acceptors (Lipinski definition) is 6. The number of nitrogens with one attached hydrogen (secondary N) is 2. The molecule has 35 heavy (non-hydrogen) atoms. The molecule has 1 fully saturated rings. The summed E-state index contributed by atoms with van der Waals surface area (Å²) in [6, 6.07) is 7.56. The van der Waals surface area contributed by atoms with E-state index in [4.69, 9.17) is 9.47 Å². The van der Waals surface area contributed by atoms with E-state index in [1.165, 1.54) is 13.2 Å². The van der Waals surface area contributed by atoms with E-state index < -0.39 is 17.8 Å². The molecule has 2 aromatic heterocycles. The number of alkyl halides is 3. The summed E-state index contributed by atoms with van der Waals surface area (Å²) in [6.07, 6.45) is 3.05. The van der Waals surface area contributed by atoms with Crippen LogP contribution in [0.4, 0.5) is 23.7 Å². The number of ether oxygens (including phenoxy) is 2. The predicted molar refractivity (Wildman–Crippen MR) is 122 cm³/mol. The molecule has 0 saturated heterocycles. The number of benzene rings is 1. The molecule has 0 spiro atoms. The Morgan fingerprint density at radius 1 is 1.09 bits per heavy atom. The fourth-order valence-corrected chi connectivity index (χ4v) is 3.86. The van der Waals surface area contributed by atoms with Crippen LogP contribution in [0, 0.1) is 0 Å². The van der Waals surface area contributed by atoms with Crippen molar-refractivity contribution in [3.05, 3.63) is 60.6 Å². The highest BCUT2D eigenvalue weighted by Crippen LogP contribution is 2.35. The highest BCUT2D eigenvalue weighted by atomic mass is 19.4. The molecular weight excluding hydrogens is 463 g/mol. The van der Waals surface area contributed by atoms with Crippen molar-refractivity contribution in [3.8, 4) is 23.0 Å². The third-order valence-corrected chi connectivity index (χ3v) is 5.62. The number of hydrogen-bond donors (Lipinski definition) is 2. The molecule has 1 aromatic carbocycles. The Kier molecular flexibility index (Phi) is 7.33. The van der Waals surface area contributed by atoms with E-state index in [0.717, 1.165) is 17.7 Å². The molecule has 2 amide bonds. The smallest absolute Gasteiger partial charge is 0.416 e. The lowest BCUT2D eigenvalue weighted by Gasteiger charge is -2.29. The molecule has 2 heterocycles. The summed E-state index contributed by atoms with van der Waals surface area (Å²) in [6.45, 7) is 0. The SMILES string of the molecule is COc1ccc(C(F)(F)F)cc1NC(=O)N[C@H]1CC[C@H](Oc2ccnc(-c3cccnc3)n2)CC1. The van der Waals surface area contributed by atoms with Gasteiger partial charge in [0.2, 0.25) is 5.88 Å². The van der Waals surface area contributed by atoms with Gasteiger partial charge in [-0.05, 0) is 56.0 Å². The Hall–Kier alpha value is -3.89. The van der Waals surface area contributed by atoms with Gasteiger partial charge in [-0.3, -0.25) is 4.98 Å². The summed E-state index contributed by atoms with van der Waals surface area (Å²) in [4.78, 5) is 25.2. The van der Waals surface area contributed by atoms with Crippen LogP contribution in [0.3, 0.4) is 0 Å². The lowest BCUT2D eigenvalue weighted by atomic mass is 9.93. The van der Waals surface area contributed by atoms with Gasteiger partial charge in [0, 0.05) is 36.3 Å². The first-order chi connectivity index (χ1) is 16.8. The zero-order chi connectivity index (χ0) is 24.8. The third-order valence-electron chi connectivity index (χ3n) is 5.62. The fourth-order valence-electron chi connectivity index (χ4n) is 3.86. The second-order valence-electron chi connectivity index (χ2n) is 8.06. The molecule has 184 valence electrons. The number of carbonyl (C=O) groups is 1. The monoisotopic (exact) mass is 487 g/mol. The Labute approximate surface area is 199 Å². The van der Waals surface area contributed by atoms with E-state index in [9.17, 15) is 18.0 Å². The van der Waals surface area contributed by atoms with E-state index in [1.54, 1.807) is 30.7 Å². The standard InChI is InChI=1S/C24H24F3N5O3/c1-34-20-9-4-16(24(25,26)27)13-19(20)31-23(33)30-17-5-7-18(8-6-17)35-21-10-12-29-22(32-21)15-3-2-11-28-14-15/h2-4,9-14,17-18H,5-8H2,1H3,(H2,30,31,33)/t17-,18-. The average Bonchev–Trinajstić information content (AvgIpc) is 2.85. The quantitative estimate of drug-likeness (QED) is 0.503. The van der Waals surface area contributed by atoms with Crippen LogP contribution in [0.5, 0.6) is 11.6 Å². The van der Waals surface area contributed by atoms with Gasteiger partial charge >= 0.3 is 12.2 Å². The number of anilines is 1. The van der Waals surface area contributed by atoms with Crippen molar-refractivity contribution in [1.29, 1.82) is 0 Å². The van der Waals surface area contributed by atoms with Gasteiger partial charge in [-0.25, -0.2) is 9.78 Å². The van der Waals surface area contributed by atoms with Gasteiger partial charge in [0.15, 0.2) is 5.82 Å². The number of aromatic nitrogens is 3. The fraction of sp³-hybridized carbons (Fsp3) is 0.333. The first kappa shape index (κ1) is 24.2. The van der Waals surface area contributed by atoms with E-state index in [0.29, 0.717) is 37.4 Å². The lowest BCUT2D eigenvalue weighted by Crippen LogP contribution is -2.41. The van der Waals surface area contributed by atoms with Crippen LogP contribution in [0.2, 0.25) is 0 Å².